The Hall–Kier alpha value is -0.840. The minimum absolute atomic E-state index is 0.327. The van der Waals surface area contributed by atoms with Crippen LogP contribution in [0.25, 0.3) is 0 Å². The number of benzene rings is 1. The Bertz CT molecular complexity index is 586. The molecule has 2 aromatic rings. The summed E-state index contributed by atoms with van der Waals surface area (Å²) >= 11 is 5.31. The molecule has 1 atom stereocenters. The first-order chi connectivity index (χ1) is 9.61. The second-order valence-electron chi connectivity index (χ2n) is 4.79. The number of pyridine rings is 1. The standard InChI is InChI=1S/C16H19BrN2S/c1-11-6-7-13(9-12(11)2)15(18-3)10-20-16-14(17)5-4-8-19-16/h4-9,15,18H,10H2,1-3H3. The molecular weight excluding hydrogens is 332 g/mol. The number of thioether (sulfide) groups is 1. The third kappa shape index (κ3) is 3.84. The molecule has 2 nitrogen and oxygen atoms in total. The highest BCUT2D eigenvalue weighted by Crippen LogP contribution is 2.29. The molecule has 0 aliphatic heterocycles. The van der Waals surface area contributed by atoms with E-state index in [4.69, 9.17) is 0 Å². The number of aryl methyl sites for hydroxylation is 2. The summed E-state index contributed by atoms with van der Waals surface area (Å²) in [7, 11) is 2.01. The van der Waals surface area contributed by atoms with E-state index < -0.39 is 0 Å². The molecule has 0 bridgehead atoms. The molecule has 0 amide bonds. The van der Waals surface area contributed by atoms with Crippen molar-refractivity contribution in [2.45, 2.75) is 24.9 Å². The van der Waals surface area contributed by atoms with Crippen molar-refractivity contribution in [3.05, 3.63) is 57.7 Å². The van der Waals surface area contributed by atoms with Gasteiger partial charge in [-0.05, 0) is 65.6 Å². The Balaban J connectivity index is 2.09. The van der Waals surface area contributed by atoms with Crippen molar-refractivity contribution >= 4 is 27.7 Å². The fourth-order valence-corrected chi connectivity index (χ4v) is 3.59. The zero-order valence-electron chi connectivity index (χ0n) is 12.0. The van der Waals surface area contributed by atoms with Gasteiger partial charge in [0.25, 0.3) is 0 Å². The van der Waals surface area contributed by atoms with Crippen LogP contribution in [-0.2, 0) is 0 Å². The van der Waals surface area contributed by atoms with E-state index in [9.17, 15) is 0 Å². The van der Waals surface area contributed by atoms with Gasteiger partial charge in [0, 0.05) is 22.5 Å². The molecule has 0 aliphatic carbocycles. The summed E-state index contributed by atoms with van der Waals surface area (Å²) in [6.07, 6.45) is 1.83. The van der Waals surface area contributed by atoms with Crippen molar-refractivity contribution in [3.63, 3.8) is 0 Å². The lowest BCUT2D eigenvalue weighted by Gasteiger charge is -2.17. The molecule has 2 rings (SSSR count). The van der Waals surface area contributed by atoms with Crippen LogP contribution in [-0.4, -0.2) is 17.8 Å². The van der Waals surface area contributed by atoms with E-state index in [2.05, 4.69) is 58.3 Å². The third-order valence-corrected chi connectivity index (χ3v) is 5.39. The lowest BCUT2D eigenvalue weighted by atomic mass is 10.0. The summed E-state index contributed by atoms with van der Waals surface area (Å²) in [5.41, 5.74) is 4.01. The molecule has 1 aromatic carbocycles. The predicted octanol–water partition coefficient (Wildman–Crippen LogP) is 4.51. The molecule has 20 heavy (non-hydrogen) atoms. The Morgan fingerprint density at radius 1 is 1.25 bits per heavy atom. The second-order valence-corrected chi connectivity index (χ2v) is 6.65. The first kappa shape index (κ1) is 15.5. The van der Waals surface area contributed by atoms with Crippen LogP contribution in [0.1, 0.15) is 22.7 Å². The topological polar surface area (TPSA) is 24.9 Å². The van der Waals surface area contributed by atoms with Crippen molar-refractivity contribution in [3.8, 4) is 0 Å². The lowest BCUT2D eigenvalue weighted by Crippen LogP contribution is -2.19. The Kier molecular flexibility index (Phi) is 5.64. The van der Waals surface area contributed by atoms with Crippen molar-refractivity contribution in [1.29, 1.82) is 0 Å². The van der Waals surface area contributed by atoms with E-state index in [0.29, 0.717) is 6.04 Å². The zero-order valence-corrected chi connectivity index (χ0v) is 14.4. The number of nitrogens with zero attached hydrogens (tertiary/aromatic N) is 1. The molecule has 0 saturated carbocycles. The van der Waals surface area contributed by atoms with Crippen LogP contribution in [0.5, 0.6) is 0 Å². The van der Waals surface area contributed by atoms with E-state index >= 15 is 0 Å². The number of aromatic nitrogens is 1. The lowest BCUT2D eigenvalue weighted by molar-refractivity contribution is 0.660. The van der Waals surface area contributed by atoms with Crippen LogP contribution >= 0.6 is 27.7 Å². The molecule has 0 fully saturated rings. The highest BCUT2D eigenvalue weighted by molar-refractivity contribution is 9.10. The summed E-state index contributed by atoms with van der Waals surface area (Å²) in [5.74, 6) is 0.953. The minimum atomic E-state index is 0.327. The van der Waals surface area contributed by atoms with E-state index in [1.165, 1.54) is 16.7 Å². The molecule has 106 valence electrons. The number of hydrogen-bond acceptors (Lipinski definition) is 3. The summed E-state index contributed by atoms with van der Waals surface area (Å²) in [5, 5.41) is 4.43. The maximum Gasteiger partial charge on any atom is 0.110 e. The van der Waals surface area contributed by atoms with Crippen molar-refractivity contribution in [2.75, 3.05) is 12.8 Å². The van der Waals surface area contributed by atoms with Gasteiger partial charge in [-0.2, -0.15) is 0 Å². The van der Waals surface area contributed by atoms with Crippen LogP contribution in [0.2, 0.25) is 0 Å². The molecule has 0 aliphatic rings. The van der Waals surface area contributed by atoms with E-state index in [-0.39, 0.29) is 0 Å². The summed E-state index contributed by atoms with van der Waals surface area (Å²) in [4.78, 5) is 4.40. The molecule has 1 heterocycles. The first-order valence-corrected chi connectivity index (χ1v) is 8.37. The van der Waals surface area contributed by atoms with Gasteiger partial charge in [0.2, 0.25) is 0 Å². The largest absolute Gasteiger partial charge is 0.312 e. The average molecular weight is 351 g/mol. The first-order valence-electron chi connectivity index (χ1n) is 6.59. The summed E-state index contributed by atoms with van der Waals surface area (Å²) in [6.45, 7) is 4.31. The summed E-state index contributed by atoms with van der Waals surface area (Å²) in [6, 6.07) is 11.0. The van der Waals surface area contributed by atoms with E-state index in [1.807, 2.05) is 25.4 Å². The molecule has 0 saturated heterocycles. The predicted molar refractivity (Wildman–Crippen MR) is 90.4 cm³/mol. The van der Waals surface area contributed by atoms with Gasteiger partial charge in [0.1, 0.15) is 5.03 Å². The Morgan fingerprint density at radius 3 is 2.70 bits per heavy atom. The maximum absolute atomic E-state index is 4.40. The molecular formula is C16H19BrN2S. The van der Waals surface area contributed by atoms with Crippen molar-refractivity contribution < 1.29 is 0 Å². The monoisotopic (exact) mass is 350 g/mol. The highest BCUT2D eigenvalue weighted by Gasteiger charge is 2.12. The van der Waals surface area contributed by atoms with Crippen molar-refractivity contribution in [1.82, 2.24) is 10.3 Å². The minimum Gasteiger partial charge on any atom is -0.312 e. The van der Waals surface area contributed by atoms with Gasteiger partial charge < -0.3 is 5.32 Å². The Morgan fingerprint density at radius 2 is 2.05 bits per heavy atom. The number of nitrogens with one attached hydrogen (secondary N) is 1. The summed E-state index contributed by atoms with van der Waals surface area (Å²) < 4.78 is 1.06. The fourth-order valence-electron chi connectivity index (χ4n) is 1.97. The molecule has 1 aromatic heterocycles. The molecule has 0 spiro atoms. The number of halogens is 1. The number of hydrogen-bond donors (Lipinski definition) is 1. The van der Waals surface area contributed by atoms with Crippen LogP contribution < -0.4 is 5.32 Å². The fraction of sp³-hybridized carbons (Fsp3) is 0.312. The van der Waals surface area contributed by atoms with Crippen LogP contribution in [0.15, 0.2) is 46.0 Å². The molecule has 1 unspecified atom stereocenters. The third-order valence-electron chi connectivity index (χ3n) is 3.39. The quantitative estimate of drug-likeness (QED) is 0.802. The highest BCUT2D eigenvalue weighted by atomic mass is 79.9. The normalized spacial score (nSPS) is 12.4. The van der Waals surface area contributed by atoms with Gasteiger partial charge >= 0.3 is 0 Å². The number of rotatable bonds is 5. The van der Waals surface area contributed by atoms with E-state index in [1.54, 1.807) is 11.8 Å². The van der Waals surface area contributed by atoms with Gasteiger partial charge in [0.05, 0.1) is 0 Å². The van der Waals surface area contributed by atoms with Gasteiger partial charge in [-0.3, -0.25) is 0 Å². The smallest absolute Gasteiger partial charge is 0.110 e. The zero-order chi connectivity index (χ0) is 14.5. The van der Waals surface area contributed by atoms with Crippen LogP contribution in [0.4, 0.5) is 0 Å². The van der Waals surface area contributed by atoms with Gasteiger partial charge in [0.15, 0.2) is 0 Å². The molecule has 0 radical (unpaired) electrons. The van der Waals surface area contributed by atoms with Crippen LogP contribution in [0.3, 0.4) is 0 Å². The molecule has 1 N–H and O–H groups in total. The maximum atomic E-state index is 4.40. The molecule has 4 heteroatoms. The van der Waals surface area contributed by atoms with Crippen molar-refractivity contribution in [2.24, 2.45) is 0 Å². The average Bonchev–Trinajstić information content (AvgIpc) is 2.45. The Labute approximate surface area is 133 Å². The van der Waals surface area contributed by atoms with Crippen LogP contribution in [0, 0.1) is 13.8 Å². The van der Waals surface area contributed by atoms with Gasteiger partial charge in [-0.1, -0.05) is 18.2 Å². The SMILES string of the molecule is CNC(CSc1ncccc1Br)c1ccc(C)c(C)c1. The second kappa shape index (κ2) is 7.25. The van der Waals surface area contributed by atoms with Gasteiger partial charge in [-0.25, -0.2) is 4.98 Å². The van der Waals surface area contributed by atoms with Gasteiger partial charge in [-0.15, -0.1) is 11.8 Å². The van der Waals surface area contributed by atoms with E-state index in [0.717, 1.165) is 15.3 Å².